The van der Waals surface area contributed by atoms with E-state index in [9.17, 15) is 5.21 Å². The van der Waals surface area contributed by atoms with Crippen molar-refractivity contribution in [3.63, 3.8) is 0 Å². The highest BCUT2D eigenvalue weighted by atomic mass is 16.5. The van der Waals surface area contributed by atoms with Crippen LogP contribution in [0.1, 0.15) is 17.2 Å². The van der Waals surface area contributed by atoms with Gasteiger partial charge in [0.25, 0.3) is 0 Å². The van der Waals surface area contributed by atoms with Gasteiger partial charge in [-0.3, -0.25) is 0 Å². The Hall–Kier alpha value is -3.09. The van der Waals surface area contributed by atoms with Crippen molar-refractivity contribution in [3.8, 4) is 28.7 Å². The van der Waals surface area contributed by atoms with Crippen LogP contribution >= 0.6 is 0 Å². The average Bonchev–Trinajstić information content (AvgIpc) is 2.70. The van der Waals surface area contributed by atoms with Crippen LogP contribution in [-0.4, -0.2) is 39.4 Å². The van der Waals surface area contributed by atoms with Gasteiger partial charge in [0.05, 0.1) is 28.4 Å². The molecule has 0 aromatic heterocycles. The molecule has 1 heterocycles. The molecule has 7 nitrogen and oxygen atoms in total. The molecule has 0 aliphatic carbocycles. The summed E-state index contributed by atoms with van der Waals surface area (Å²) in [6.07, 6.45) is -0.134. The molecule has 1 N–H and O–H groups in total. The second-order valence-electron chi connectivity index (χ2n) is 5.70. The van der Waals surface area contributed by atoms with E-state index in [1.807, 2.05) is 18.2 Å². The van der Waals surface area contributed by atoms with E-state index in [1.165, 1.54) is 0 Å². The van der Waals surface area contributed by atoms with Crippen molar-refractivity contribution < 1.29 is 28.9 Å². The first-order chi connectivity index (χ1) is 12.6. The van der Waals surface area contributed by atoms with E-state index in [1.54, 1.807) is 40.6 Å². The number of rotatable bonds is 5. The van der Waals surface area contributed by atoms with Crippen LogP contribution in [0.4, 0.5) is 0 Å². The molecule has 0 fully saturated rings. The molecule has 1 aliphatic rings. The standard InChI is InChI=1S/C19H21NO6/c1-22-13-6-5-11-7-14(20-21)18(26-15(11)10-13)12-8-16(23-2)19(25-4)17(9-12)24-3/h5-6,8-10,18,21H,7H2,1-4H3. The lowest BCUT2D eigenvalue weighted by Gasteiger charge is -2.28. The lowest BCUT2D eigenvalue weighted by Crippen LogP contribution is -2.26. The molecular weight excluding hydrogens is 338 g/mol. The smallest absolute Gasteiger partial charge is 0.203 e. The summed E-state index contributed by atoms with van der Waals surface area (Å²) in [6.45, 7) is 0. The number of fused-ring (bicyclic) bond motifs is 1. The molecule has 0 spiro atoms. The number of methoxy groups -OCH3 is 4. The van der Waals surface area contributed by atoms with Crippen LogP contribution in [0, 0.1) is 0 Å². The van der Waals surface area contributed by atoms with E-state index >= 15 is 0 Å². The number of oxime groups is 1. The van der Waals surface area contributed by atoms with Crippen molar-refractivity contribution in [1.29, 1.82) is 0 Å². The van der Waals surface area contributed by atoms with Crippen molar-refractivity contribution >= 4 is 5.71 Å². The lowest BCUT2D eigenvalue weighted by molar-refractivity contribution is 0.241. The fraction of sp³-hybridized carbons (Fsp3) is 0.316. The van der Waals surface area contributed by atoms with E-state index in [0.29, 0.717) is 40.9 Å². The summed E-state index contributed by atoms with van der Waals surface area (Å²) in [5, 5.41) is 12.9. The van der Waals surface area contributed by atoms with E-state index < -0.39 is 6.10 Å². The Morgan fingerprint density at radius 2 is 1.65 bits per heavy atom. The van der Waals surface area contributed by atoms with Crippen LogP contribution in [0.2, 0.25) is 0 Å². The molecule has 7 heteroatoms. The van der Waals surface area contributed by atoms with Gasteiger partial charge < -0.3 is 28.9 Å². The quantitative estimate of drug-likeness (QED) is 0.652. The maximum atomic E-state index is 9.50. The topological polar surface area (TPSA) is 78.7 Å². The van der Waals surface area contributed by atoms with Crippen LogP contribution in [0.3, 0.4) is 0 Å². The first kappa shape index (κ1) is 17.7. The third-order valence-corrected chi connectivity index (χ3v) is 4.31. The third-order valence-electron chi connectivity index (χ3n) is 4.31. The fourth-order valence-electron chi connectivity index (χ4n) is 3.00. The second-order valence-corrected chi connectivity index (χ2v) is 5.70. The molecule has 138 valence electrons. The highest BCUT2D eigenvalue weighted by Crippen LogP contribution is 2.43. The normalized spacial score (nSPS) is 17.2. The lowest BCUT2D eigenvalue weighted by atomic mass is 9.95. The Bertz CT molecular complexity index is 808. The van der Waals surface area contributed by atoms with Crippen LogP contribution in [0.25, 0.3) is 0 Å². The predicted octanol–water partition coefficient (Wildman–Crippen LogP) is 3.23. The van der Waals surface area contributed by atoms with Gasteiger partial charge in [-0.1, -0.05) is 11.2 Å². The average molecular weight is 359 g/mol. The number of benzene rings is 2. The molecule has 26 heavy (non-hydrogen) atoms. The number of hydrogen-bond acceptors (Lipinski definition) is 7. The number of ether oxygens (including phenoxy) is 5. The molecule has 0 amide bonds. The number of hydrogen-bond donors (Lipinski definition) is 1. The Balaban J connectivity index is 2.07. The zero-order valence-corrected chi connectivity index (χ0v) is 15.1. The summed E-state index contributed by atoms with van der Waals surface area (Å²) in [7, 11) is 6.23. The van der Waals surface area contributed by atoms with Gasteiger partial charge in [0, 0.05) is 23.6 Å². The van der Waals surface area contributed by atoms with Crippen LogP contribution in [0.15, 0.2) is 35.5 Å². The minimum absolute atomic E-state index is 0.456. The predicted molar refractivity (Wildman–Crippen MR) is 95.4 cm³/mol. The van der Waals surface area contributed by atoms with E-state index in [4.69, 9.17) is 23.7 Å². The van der Waals surface area contributed by atoms with Crippen molar-refractivity contribution in [2.75, 3.05) is 28.4 Å². The molecule has 0 bridgehead atoms. The first-order valence-electron chi connectivity index (χ1n) is 7.99. The number of nitrogens with zero attached hydrogens (tertiary/aromatic N) is 1. The molecule has 1 unspecified atom stereocenters. The molecule has 1 atom stereocenters. The summed E-state index contributed by atoms with van der Waals surface area (Å²) in [5.41, 5.74) is 2.13. The SMILES string of the molecule is COc1ccc2c(c1)OC(c1cc(OC)c(OC)c(OC)c1)C(=NO)C2. The molecule has 1 aliphatic heterocycles. The second kappa shape index (κ2) is 7.43. The highest BCUT2D eigenvalue weighted by molar-refractivity contribution is 5.93. The maximum Gasteiger partial charge on any atom is 0.203 e. The Labute approximate surface area is 151 Å². The summed E-state index contributed by atoms with van der Waals surface area (Å²) in [6, 6.07) is 9.11. The van der Waals surface area contributed by atoms with E-state index in [2.05, 4.69) is 5.16 Å². The van der Waals surface area contributed by atoms with Crippen molar-refractivity contribution in [1.82, 2.24) is 0 Å². The minimum atomic E-state index is -0.590. The van der Waals surface area contributed by atoms with Crippen molar-refractivity contribution in [3.05, 3.63) is 41.5 Å². The summed E-state index contributed by atoms with van der Waals surface area (Å²) in [5.74, 6) is 2.85. The summed E-state index contributed by atoms with van der Waals surface area (Å²) in [4.78, 5) is 0. The van der Waals surface area contributed by atoms with Crippen molar-refractivity contribution in [2.45, 2.75) is 12.5 Å². The molecular formula is C19H21NO6. The zero-order chi connectivity index (χ0) is 18.7. The molecule has 0 radical (unpaired) electrons. The van der Waals surface area contributed by atoms with Gasteiger partial charge in [0.2, 0.25) is 5.75 Å². The van der Waals surface area contributed by atoms with Crippen LogP contribution in [-0.2, 0) is 6.42 Å². The highest BCUT2D eigenvalue weighted by Gasteiger charge is 2.30. The monoisotopic (exact) mass is 359 g/mol. The Morgan fingerprint density at radius 1 is 0.962 bits per heavy atom. The molecule has 0 saturated carbocycles. The Morgan fingerprint density at radius 3 is 2.19 bits per heavy atom. The van der Waals surface area contributed by atoms with Crippen LogP contribution in [0.5, 0.6) is 28.7 Å². The third kappa shape index (κ3) is 3.08. The van der Waals surface area contributed by atoms with Gasteiger partial charge in [-0.2, -0.15) is 0 Å². The van der Waals surface area contributed by atoms with Gasteiger partial charge in [-0.05, 0) is 18.2 Å². The first-order valence-corrected chi connectivity index (χ1v) is 7.99. The van der Waals surface area contributed by atoms with Gasteiger partial charge >= 0.3 is 0 Å². The maximum absolute atomic E-state index is 9.50. The molecule has 2 aromatic rings. The van der Waals surface area contributed by atoms with E-state index in [-0.39, 0.29) is 0 Å². The van der Waals surface area contributed by atoms with Crippen LogP contribution < -0.4 is 23.7 Å². The minimum Gasteiger partial charge on any atom is -0.497 e. The molecule has 2 aromatic carbocycles. The van der Waals surface area contributed by atoms with Gasteiger partial charge in [0.15, 0.2) is 17.6 Å². The summed E-state index contributed by atoms with van der Waals surface area (Å²) >= 11 is 0. The molecule has 3 rings (SSSR count). The van der Waals surface area contributed by atoms with Crippen molar-refractivity contribution in [2.24, 2.45) is 5.16 Å². The largest absolute Gasteiger partial charge is 0.497 e. The molecule has 0 saturated heterocycles. The van der Waals surface area contributed by atoms with Gasteiger partial charge in [-0.15, -0.1) is 0 Å². The fourth-order valence-corrected chi connectivity index (χ4v) is 3.00. The zero-order valence-electron chi connectivity index (χ0n) is 15.1. The van der Waals surface area contributed by atoms with Gasteiger partial charge in [0.1, 0.15) is 17.2 Å². The van der Waals surface area contributed by atoms with Gasteiger partial charge in [-0.25, -0.2) is 0 Å². The van der Waals surface area contributed by atoms with E-state index in [0.717, 1.165) is 11.1 Å². The summed E-state index contributed by atoms with van der Waals surface area (Å²) < 4.78 is 27.5. The Kier molecular flexibility index (Phi) is 5.06.